The van der Waals surface area contributed by atoms with E-state index in [1.54, 1.807) is 6.92 Å². The van der Waals surface area contributed by atoms with E-state index >= 15 is 0 Å². The van der Waals surface area contributed by atoms with Crippen molar-refractivity contribution < 1.29 is 19.2 Å². The number of amides is 1. The van der Waals surface area contributed by atoms with Crippen LogP contribution in [-0.4, -0.2) is 28.4 Å². The monoisotopic (exact) mass is 349 g/mol. The standard InChI is InChI=1S/C15H12ClN3O5/c1-2-24-15(21)10-5-9(6-11(7-10)19(22)23)14(20)18-13-3-4-17-8-12(13)16/h3-8H,2H2,1H3,(H,17,18,20). The number of hydrogen-bond acceptors (Lipinski definition) is 6. The van der Waals surface area contributed by atoms with Crippen molar-refractivity contribution in [2.24, 2.45) is 0 Å². The van der Waals surface area contributed by atoms with Gasteiger partial charge in [0.25, 0.3) is 11.6 Å². The van der Waals surface area contributed by atoms with E-state index in [9.17, 15) is 19.7 Å². The van der Waals surface area contributed by atoms with Gasteiger partial charge in [-0.3, -0.25) is 19.9 Å². The number of non-ortho nitro benzene ring substituents is 1. The Morgan fingerprint density at radius 1 is 1.33 bits per heavy atom. The van der Waals surface area contributed by atoms with Gasteiger partial charge in [-0.15, -0.1) is 0 Å². The summed E-state index contributed by atoms with van der Waals surface area (Å²) in [4.78, 5) is 38.2. The van der Waals surface area contributed by atoms with E-state index in [1.165, 1.54) is 24.5 Å². The zero-order chi connectivity index (χ0) is 17.7. The molecule has 0 fully saturated rings. The molecule has 0 aliphatic heterocycles. The molecule has 1 aromatic carbocycles. The lowest BCUT2D eigenvalue weighted by Gasteiger charge is -2.08. The molecular formula is C15H12ClN3O5. The van der Waals surface area contributed by atoms with E-state index in [1.807, 2.05) is 0 Å². The summed E-state index contributed by atoms with van der Waals surface area (Å²) < 4.78 is 4.81. The molecule has 9 heteroatoms. The van der Waals surface area contributed by atoms with Crippen molar-refractivity contribution in [2.75, 3.05) is 11.9 Å². The first-order chi connectivity index (χ1) is 11.4. The lowest BCUT2D eigenvalue weighted by Crippen LogP contribution is -2.14. The number of nitro benzene ring substituents is 1. The molecule has 8 nitrogen and oxygen atoms in total. The molecule has 1 aromatic heterocycles. The molecule has 24 heavy (non-hydrogen) atoms. The number of carbonyl (C=O) groups excluding carboxylic acids is 2. The molecular weight excluding hydrogens is 338 g/mol. The minimum atomic E-state index is -0.753. The number of esters is 1. The minimum Gasteiger partial charge on any atom is -0.462 e. The molecule has 1 amide bonds. The number of anilines is 1. The van der Waals surface area contributed by atoms with Crippen LogP contribution in [0.1, 0.15) is 27.6 Å². The molecule has 0 spiro atoms. The largest absolute Gasteiger partial charge is 0.462 e. The first kappa shape index (κ1) is 17.4. The van der Waals surface area contributed by atoms with Crippen molar-refractivity contribution in [1.82, 2.24) is 4.98 Å². The summed E-state index contributed by atoms with van der Waals surface area (Å²) in [5.41, 5.74) is -0.260. The average molecular weight is 350 g/mol. The van der Waals surface area contributed by atoms with Gasteiger partial charge in [-0.1, -0.05) is 11.6 Å². The second kappa shape index (κ2) is 7.51. The SMILES string of the molecule is CCOC(=O)c1cc(C(=O)Nc2ccncc2Cl)cc([N+](=O)[O-])c1. The molecule has 2 rings (SSSR count). The van der Waals surface area contributed by atoms with Gasteiger partial charge in [0.05, 0.1) is 27.8 Å². The van der Waals surface area contributed by atoms with Crippen LogP contribution in [0.15, 0.2) is 36.7 Å². The Labute approximate surface area is 141 Å². The van der Waals surface area contributed by atoms with Gasteiger partial charge in [-0.25, -0.2) is 4.79 Å². The van der Waals surface area contributed by atoms with E-state index in [0.29, 0.717) is 5.69 Å². The number of benzene rings is 1. The number of pyridine rings is 1. The molecule has 1 heterocycles. The quantitative estimate of drug-likeness (QED) is 0.504. The number of rotatable bonds is 5. The zero-order valence-corrected chi connectivity index (χ0v) is 13.2. The van der Waals surface area contributed by atoms with Crippen LogP contribution in [0.5, 0.6) is 0 Å². The molecule has 124 valence electrons. The number of carbonyl (C=O) groups is 2. The molecule has 1 N–H and O–H groups in total. The van der Waals surface area contributed by atoms with Crippen LogP contribution in [-0.2, 0) is 4.74 Å². The topological polar surface area (TPSA) is 111 Å². The van der Waals surface area contributed by atoms with Crippen molar-refractivity contribution in [1.29, 1.82) is 0 Å². The lowest BCUT2D eigenvalue weighted by molar-refractivity contribution is -0.384. The fourth-order valence-corrected chi connectivity index (χ4v) is 2.02. The molecule has 0 radical (unpaired) electrons. The van der Waals surface area contributed by atoms with E-state index in [2.05, 4.69) is 10.3 Å². The summed E-state index contributed by atoms with van der Waals surface area (Å²) in [5, 5.41) is 13.7. The first-order valence-electron chi connectivity index (χ1n) is 6.80. The van der Waals surface area contributed by atoms with Gasteiger partial charge in [0.15, 0.2) is 0 Å². The Hall–Kier alpha value is -3.00. The molecule has 0 aliphatic carbocycles. The van der Waals surface area contributed by atoms with Gasteiger partial charge >= 0.3 is 5.97 Å². The maximum atomic E-state index is 12.3. The Morgan fingerprint density at radius 3 is 2.67 bits per heavy atom. The number of nitrogens with zero attached hydrogens (tertiary/aromatic N) is 2. The minimum absolute atomic E-state index is 0.0693. The molecule has 0 unspecified atom stereocenters. The molecule has 2 aromatic rings. The van der Waals surface area contributed by atoms with Crippen LogP contribution in [0.2, 0.25) is 5.02 Å². The summed E-state index contributed by atoms with van der Waals surface area (Å²) in [6.45, 7) is 1.71. The van der Waals surface area contributed by atoms with Crippen molar-refractivity contribution >= 4 is 34.9 Å². The number of hydrogen-bond donors (Lipinski definition) is 1. The Morgan fingerprint density at radius 2 is 2.04 bits per heavy atom. The van der Waals surface area contributed by atoms with E-state index in [4.69, 9.17) is 16.3 Å². The Balaban J connectivity index is 2.37. The third-order valence-electron chi connectivity index (χ3n) is 2.92. The maximum Gasteiger partial charge on any atom is 0.338 e. The van der Waals surface area contributed by atoms with Crippen molar-refractivity contribution in [3.63, 3.8) is 0 Å². The second-order valence-electron chi connectivity index (χ2n) is 4.56. The van der Waals surface area contributed by atoms with Gasteiger partial charge in [0, 0.05) is 30.1 Å². The third-order valence-corrected chi connectivity index (χ3v) is 3.22. The molecule has 0 saturated heterocycles. The van der Waals surface area contributed by atoms with Gasteiger partial charge in [-0.05, 0) is 19.1 Å². The Bertz CT molecular complexity index is 809. The number of halogens is 1. The Kier molecular flexibility index (Phi) is 5.43. The zero-order valence-electron chi connectivity index (χ0n) is 12.5. The second-order valence-corrected chi connectivity index (χ2v) is 4.96. The predicted molar refractivity (Wildman–Crippen MR) is 86.3 cm³/mol. The number of ether oxygens (including phenoxy) is 1. The highest BCUT2D eigenvalue weighted by Gasteiger charge is 2.19. The van der Waals surface area contributed by atoms with Crippen LogP contribution in [0, 0.1) is 10.1 Å². The highest BCUT2D eigenvalue weighted by molar-refractivity contribution is 6.33. The summed E-state index contributed by atoms with van der Waals surface area (Å²) in [6.07, 6.45) is 2.77. The lowest BCUT2D eigenvalue weighted by atomic mass is 10.1. The highest BCUT2D eigenvalue weighted by atomic mass is 35.5. The maximum absolute atomic E-state index is 12.3. The normalized spacial score (nSPS) is 10.1. The van der Waals surface area contributed by atoms with Crippen LogP contribution >= 0.6 is 11.6 Å². The highest BCUT2D eigenvalue weighted by Crippen LogP contribution is 2.22. The van der Waals surface area contributed by atoms with Crippen LogP contribution in [0.3, 0.4) is 0 Å². The van der Waals surface area contributed by atoms with Crippen molar-refractivity contribution in [3.8, 4) is 0 Å². The third kappa shape index (κ3) is 4.05. The summed E-state index contributed by atoms with van der Waals surface area (Å²) in [5.74, 6) is -1.41. The van der Waals surface area contributed by atoms with Gasteiger partial charge in [0.2, 0.25) is 0 Å². The van der Waals surface area contributed by atoms with Crippen molar-refractivity contribution in [2.45, 2.75) is 6.92 Å². The van der Waals surface area contributed by atoms with Gasteiger partial charge < -0.3 is 10.1 Å². The van der Waals surface area contributed by atoms with E-state index in [0.717, 1.165) is 12.1 Å². The summed E-state index contributed by atoms with van der Waals surface area (Å²) in [6, 6.07) is 4.81. The van der Waals surface area contributed by atoms with Crippen molar-refractivity contribution in [3.05, 3.63) is 62.9 Å². The van der Waals surface area contributed by atoms with Crippen LogP contribution in [0.4, 0.5) is 11.4 Å². The molecule has 0 bridgehead atoms. The van der Waals surface area contributed by atoms with Gasteiger partial charge in [0.1, 0.15) is 0 Å². The van der Waals surface area contributed by atoms with E-state index < -0.39 is 22.5 Å². The number of aromatic nitrogens is 1. The number of nitro groups is 1. The predicted octanol–water partition coefficient (Wildman–Crippen LogP) is 3.07. The fourth-order valence-electron chi connectivity index (χ4n) is 1.85. The summed E-state index contributed by atoms with van der Waals surface area (Å²) >= 11 is 5.90. The van der Waals surface area contributed by atoms with Crippen LogP contribution in [0.25, 0.3) is 0 Å². The molecule has 0 aliphatic rings. The molecule has 0 atom stereocenters. The van der Waals surface area contributed by atoms with Crippen LogP contribution < -0.4 is 5.32 Å². The smallest absolute Gasteiger partial charge is 0.338 e. The summed E-state index contributed by atoms with van der Waals surface area (Å²) in [7, 11) is 0. The van der Waals surface area contributed by atoms with E-state index in [-0.39, 0.29) is 22.8 Å². The van der Waals surface area contributed by atoms with Gasteiger partial charge in [-0.2, -0.15) is 0 Å². The average Bonchev–Trinajstić information content (AvgIpc) is 2.56. The number of nitrogens with one attached hydrogen (secondary N) is 1. The fraction of sp³-hybridized carbons (Fsp3) is 0.133. The first-order valence-corrected chi connectivity index (χ1v) is 7.17. The molecule has 0 saturated carbocycles.